The van der Waals surface area contributed by atoms with Gasteiger partial charge in [-0.05, 0) is 26.3 Å². The molecule has 88 valence electrons. The molecule has 15 heavy (non-hydrogen) atoms. The van der Waals surface area contributed by atoms with Crippen LogP contribution in [0.25, 0.3) is 0 Å². The van der Waals surface area contributed by atoms with E-state index in [1.807, 2.05) is 0 Å². The van der Waals surface area contributed by atoms with Crippen molar-refractivity contribution in [3.63, 3.8) is 0 Å². The summed E-state index contributed by atoms with van der Waals surface area (Å²) in [4.78, 5) is 10.9. The second-order valence-corrected chi connectivity index (χ2v) is 3.74. The zero-order chi connectivity index (χ0) is 11.1. The molecule has 3 N–H and O–H groups in total. The molecule has 0 aliphatic carbocycles. The van der Waals surface area contributed by atoms with Crippen LogP contribution in [-0.4, -0.2) is 44.9 Å². The summed E-state index contributed by atoms with van der Waals surface area (Å²) in [6.45, 7) is 2.00. The number of nitrogens with one attached hydrogen (secondary N) is 1. The number of carbonyl (C=O) groups excluding carboxylic acids is 1. The molecule has 0 aromatic carbocycles. The molecule has 1 rings (SSSR count). The molecule has 2 unspecified atom stereocenters. The zero-order valence-corrected chi connectivity index (χ0v) is 9.20. The molecule has 1 amide bonds. The zero-order valence-electron chi connectivity index (χ0n) is 9.20. The highest BCUT2D eigenvalue weighted by Crippen LogP contribution is 2.11. The Morgan fingerprint density at radius 3 is 3.07 bits per heavy atom. The van der Waals surface area contributed by atoms with Gasteiger partial charge in [-0.15, -0.1) is 0 Å². The van der Waals surface area contributed by atoms with Gasteiger partial charge in [-0.1, -0.05) is 0 Å². The van der Waals surface area contributed by atoms with Gasteiger partial charge in [-0.2, -0.15) is 0 Å². The minimum atomic E-state index is -0.335. The molecule has 5 heteroatoms. The van der Waals surface area contributed by atoms with Gasteiger partial charge >= 0.3 is 0 Å². The molecule has 0 saturated carbocycles. The number of ether oxygens (including phenoxy) is 2. The average molecular weight is 216 g/mol. The largest absolute Gasteiger partial charge is 0.379 e. The van der Waals surface area contributed by atoms with E-state index < -0.39 is 0 Å². The lowest BCUT2D eigenvalue weighted by Crippen LogP contribution is -2.40. The molecule has 0 spiro atoms. The lowest BCUT2D eigenvalue weighted by Gasteiger charge is -2.13. The van der Waals surface area contributed by atoms with Crippen molar-refractivity contribution in [2.75, 3.05) is 26.9 Å². The predicted octanol–water partition coefficient (Wildman–Crippen LogP) is -0.355. The van der Waals surface area contributed by atoms with Gasteiger partial charge < -0.3 is 20.5 Å². The second kappa shape index (κ2) is 6.76. The van der Waals surface area contributed by atoms with E-state index in [1.165, 1.54) is 0 Å². The molecule has 5 nitrogen and oxygen atoms in total. The van der Waals surface area contributed by atoms with E-state index in [2.05, 4.69) is 5.32 Å². The first kappa shape index (κ1) is 12.4. The van der Waals surface area contributed by atoms with Gasteiger partial charge in [0.2, 0.25) is 5.91 Å². The SMILES string of the molecule is CNC(CCOCC1CCCO1)C(N)=O. The number of likely N-dealkylation sites (N-methyl/N-ethyl adjacent to an activating group) is 1. The summed E-state index contributed by atoms with van der Waals surface area (Å²) in [5, 5.41) is 2.84. The number of hydrogen-bond acceptors (Lipinski definition) is 4. The quantitative estimate of drug-likeness (QED) is 0.570. The molecule has 0 radical (unpaired) electrons. The Morgan fingerprint density at radius 1 is 1.73 bits per heavy atom. The highest BCUT2D eigenvalue weighted by atomic mass is 16.5. The van der Waals surface area contributed by atoms with Crippen LogP contribution >= 0.6 is 0 Å². The predicted molar refractivity (Wildman–Crippen MR) is 56.5 cm³/mol. The van der Waals surface area contributed by atoms with Crippen molar-refractivity contribution in [2.45, 2.75) is 31.4 Å². The molecule has 1 aliphatic rings. The fourth-order valence-corrected chi connectivity index (χ4v) is 1.62. The van der Waals surface area contributed by atoms with Crippen molar-refractivity contribution < 1.29 is 14.3 Å². The number of hydrogen-bond donors (Lipinski definition) is 2. The number of primary amides is 1. The highest BCUT2D eigenvalue weighted by molar-refractivity contribution is 5.79. The molecule has 1 saturated heterocycles. The lowest BCUT2D eigenvalue weighted by molar-refractivity contribution is -0.120. The van der Waals surface area contributed by atoms with Crippen molar-refractivity contribution in [2.24, 2.45) is 5.73 Å². The monoisotopic (exact) mass is 216 g/mol. The molecular weight excluding hydrogens is 196 g/mol. The summed E-state index contributed by atoms with van der Waals surface area (Å²) in [5.74, 6) is -0.335. The van der Waals surface area contributed by atoms with Gasteiger partial charge in [-0.3, -0.25) is 4.79 Å². The molecule has 0 aromatic heterocycles. The Balaban J connectivity index is 2.02. The molecule has 2 atom stereocenters. The number of amides is 1. The number of carbonyl (C=O) groups is 1. The van der Waals surface area contributed by atoms with Crippen molar-refractivity contribution in [3.05, 3.63) is 0 Å². The molecule has 0 bridgehead atoms. The van der Waals surface area contributed by atoms with Gasteiger partial charge in [0.05, 0.1) is 18.8 Å². The maximum Gasteiger partial charge on any atom is 0.234 e. The van der Waals surface area contributed by atoms with Crippen molar-refractivity contribution in [1.29, 1.82) is 0 Å². The minimum absolute atomic E-state index is 0.242. The summed E-state index contributed by atoms with van der Waals surface area (Å²) in [7, 11) is 1.72. The summed E-state index contributed by atoms with van der Waals surface area (Å²) < 4.78 is 10.8. The second-order valence-electron chi connectivity index (χ2n) is 3.74. The Hall–Kier alpha value is -0.650. The van der Waals surface area contributed by atoms with E-state index in [9.17, 15) is 4.79 Å². The first-order valence-electron chi connectivity index (χ1n) is 5.40. The third-order valence-electron chi connectivity index (χ3n) is 2.57. The van der Waals surface area contributed by atoms with Crippen molar-refractivity contribution >= 4 is 5.91 Å². The first-order chi connectivity index (χ1) is 7.24. The topological polar surface area (TPSA) is 73.6 Å². The third-order valence-corrected chi connectivity index (χ3v) is 2.57. The van der Waals surface area contributed by atoms with Gasteiger partial charge in [0.1, 0.15) is 0 Å². The number of nitrogens with two attached hydrogens (primary N) is 1. The van der Waals surface area contributed by atoms with E-state index in [-0.39, 0.29) is 18.1 Å². The third kappa shape index (κ3) is 4.59. The van der Waals surface area contributed by atoms with Gasteiger partial charge in [0, 0.05) is 13.2 Å². The molecule has 0 aromatic rings. The van der Waals surface area contributed by atoms with Crippen LogP contribution in [0.3, 0.4) is 0 Å². The van der Waals surface area contributed by atoms with E-state index in [0.29, 0.717) is 19.6 Å². The van der Waals surface area contributed by atoms with Crippen LogP contribution in [0.15, 0.2) is 0 Å². The van der Waals surface area contributed by atoms with Gasteiger partial charge in [0.25, 0.3) is 0 Å². The van der Waals surface area contributed by atoms with Crippen LogP contribution in [0.4, 0.5) is 0 Å². The molecule has 1 fully saturated rings. The van der Waals surface area contributed by atoms with Crippen molar-refractivity contribution in [3.8, 4) is 0 Å². The first-order valence-corrected chi connectivity index (χ1v) is 5.40. The highest BCUT2D eigenvalue weighted by Gasteiger charge is 2.16. The molecule has 1 heterocycles. The maximum atomic E-state index is 10.9. The van der Waals surface area contributed by atoms with E-state index >= 15 is 0 Å². The van der Waals surface area contributed by atoms with E-state index in [0.717, 1.165) is 19.4 Å². The summed E-state index contributed by atoms with van der Waals surface area (Å²) in [6, 6.07) is -0.297. The summed E-state index contributed by atoms with van der Waals surface area (Å²) in [6.07, 6.45) is 3.05. The Labute approximate surface area is 90.3 Å². The Bertz CT molecular complexity index is 193. The van der Waals surface area contributed by atoms with E-state index in [1.54, 1.807) is 7.05 Å². The van der Waals surface area contributed by atoms with Crippen LogP contribution in [-0.2, 0) is 14.3 Å². The van der Waals surface area contributed by atoms with Crippen LogP contribution in [0, 0.1) is 0 Å². The van der Waals surface area contributed by atoms with Crippen LogP contribution in [0.2, 0.25) is 0 Å². The fourth-order valence-electron chi connectivity index (χ4n) is 1.62. The summed E-state index contributed by atoms with van der Waals surface area (Å²) >= 11 is 0. The van der Waals surface area contributed by atoms with Gasteiger partial charge in [-0.25, -0.2) is 0 Å². The Morgan fingerprint density at radius 2 is 2.53 bits per heavy atom. The Kier molecular flexibility index (Phi) is 5.60. The molecular formula is C10H20N2O3. The van der Waals surface area contributed by atoms with Crippen LogP contribution < -0.4 is 11.1 Å². The normalized spacial score (nSPS) is 22.9. The fraction of sp³-hybridized carbons (Fsp3) is 0.900. The smallest absolute Gasteiger partial charge is 0.234 e. The standard InChI is InChI=1S/C10H20N2O3/c1-12-9(10(11)13)4-6-14-7-8-3-2-5-15-8/h8-9,12H,2-7H2,1H3,(H2,11,13). The van der Waals surface area contributed by atoms with Crippen LogP contribution in [0.5, 0.6) is 0 Å². The lowest BCUT2D eigenvalue weighted by atomic mass is 10.2. The van der Waals surface area contributed by atoms with Crippen molar-refractivity contribution in [1.82, 2.24) is 5.32 Å². The van der Waals surface area contributed by atoms with E-state index in [4.69, 9.17) is 15.2 Å². The van der Waals surface area contributed by atoms with Gasteiger partial charge in [0.15, 0.2) is 0 Å². The number of rotatable bonds is 7. The average Bonchev–Trinajstić information content (AvgIpc) is 2.70. The maximum absolute atomic E-state index is 10.9. The minimum Gasteiger partial charge on any atom is -0.379 e. The summed E-state index contributed by atoms with van der Waals surface area (Å²) in [5.41, 5.74) is 5.17. The molecule has 1 aliphatic heterocycles. The van der Waals surface area contributed by atoms with Crippen LogP contribution in [0.1, 0.15) is 19.3 Å².